The summed E-state index contributed by atoms with van der Waals surface area (Å²) in [6.07, 6.45) is -0.468. The van der Waals surface area contributed by atoms with Crippen LogP contribution in [0, 0.1) is 0 Å². The maximum Gasteiger partial charge on any atom is 0.407 e. The second-order valence-corrected chi connectivity index (χ2v) is 5.36. The molecule has 104 valence electrons. The van der Waals surface area contributed by atoms with E-state index in [0.717, 1.165) is 15.6 Å². The van der Waals surface area contributed by atoms with E-state index in [2.05, 4.69) is 21.2 Å². The lowest BCUT2D eigenvalue weighted by atomic mass is 10.2. The Balaban J connectivity index is 1.82. The average Bonchev–Trinajstić information content (AvgIpc) is 2.48. The number of carbonyl (C=O) groups excluding carboxylic acids is 1. The first-order chi connectivity index (χ1) is 9.66. The van der Waals surface area contributed by atoms with E-state index in [4.69, 9.17) is 16.3 Å². The fraction of sp³-hybridized carbons (Fsp3) is 0.133. The highest BCUT2D eigenvalue weighted by atomic mass is 79.9. The van der Waals surface area contributed by atoms with Crippen LogP contribution in [0.25, 0.3) is 0 Å². The molecule has 5 heteroatoms. The van der Waals surface area contributed by atoms with Gasteiger partial charge in [-0.1, -0.05) is 54.1 Å². The molecule has 1 amide bonds. The maximum atomic E-state index is 11.6. The fourth-order valence-corrected chi connectivity index (χ4v) is 2.23. The quantitative estimate of drug-likeness (QED) is 0.876. The van der Waals surface area contributed by atoms with Crippen LogP contribution >= 0.6 is 27.5 Å². The van der Waals surface area contributed by atoms with Crippen LogP contribution in [-0.2, 0) is 17.9 Å². The van der Waals surface area contributed by atoms with E-state index in [9.17, 15) is 4.79 Å². The molecule has 0 saturated carbocycles. The largest absolute Gasteiger partial charge is 0.445 e. The molecule has 0 spiro atoms. The zero-order valence-electron chi connectivity index (χ0n) is 10.6. The second-order valence-electron chi connectivity index (χ2n) is 4.13. The molecule has 2 aromatic rings. The molecule has 2 aromatic carbocycles. The van der Waals surface area contributed by atoms with Gasteiger partial charge in [0.05, 0.1) is 5.02 Å². The lowest BCUT2D eigenvalue weighted by Gasteiger charge is -2.09. The number of halogens is 2. The van der Waals surface area contributed by atoms with Crippen molar-refractivity contribution >= 4 is 33.6 Å². The molecular formula is C15H13BrClNO2. The number of benzene rings is 2. The number of amides is 1. The monoisotopic (exact) mass is 353 g/mol. The summed E-state index contributed by atoms with van der Waals surface area (Å²) >= 11 is 9.45. The number of ether oxygens (including phenoxy) is 1. The van der Waals surface area contributed by atoms with Crippen LogP contribution in [0.3, 0.4) is 0 Å². The minimum atomic E-state index is -0.468. The molecule has 2 rings (SSSR count). The predicted octanol–water partition coefficient (Wildman–Crippen LogP) is 4.53. The van der Waals surface area contributed by atoms with Gasteiger partial charge in [0.1, 0.15) is 6.61 Å². The van der Waals surface area contributed by atoms with Crippen LogP contribution in [0.1, 0.15) is 11.1 Å². The summed E-state index contributed by atoms with van der Waals surface area (Å²) in [7, 11) is 0. The van der Waals surface area contributed by atoms with Crippen LogP contribution in [0.15, 0.2) is 53.0 Å². The highest BCUT2D eigenvalue weighted by Gasteiger charge is 2.07. The number of nitrogens with one attached hydrogen (secondary N) is 1. The minimum absolute atomic E-state index is 0.249. The van der Waals surface area contributed by atoms with Crippen molar-refractivity contribution in [2.24, 2.45) is 0 Å². The third-order valence-corrected chi connectivity index (χ3v) is 4.00. The van der Waals surface area contributed by atoms with Crippen molar-refractivity contribution < 1.29 is 9.53 Å². The molecule has 0 saturated heterocycles. The van der Waals surface area contributed by atoms with Crippen molar-refractivity contribution in [3.8, 4) is 0 Å². The van der Waals surface area contributed by atoms with E-state index in [0.29, 0.717) is 11.6 Å². The van der Waals surface area contributed by atoms with E-state index in [1.807, 2.05) is 48.5 Å². The highest BCUT2D eigenvalue weighted by Crippen LogP contribution is 2.25. The van der Waals surface area contributed by atoms with E-state index in [-0.39, 0.29) is 6.61 Å². The van der Waals surface area contributed by atoms with Gasteiger partial charge in [-0.3, -0.25) is 0 Å². The highest BCUT2D eigenvalue weighted by molar-refractivity contribution is 9.10. The lowest BCUT2D eigenvalue weighted by Crippen LogP contribution is -2.23. The van der Waals surface area contributed by atoms with Crippen LogP contribution in [-0.4, -0.2) is 6.09 Å². The lowest BCUT2D eigenvalue weighted by molar-refractivity contribution is 0.139. The van der Waals surface area contributed by atoms with Crippen LogP contribution in [0.2, 0.25) is 5.02 Å². The summed E-state index contributed by atoms with van der Waals surface area (Å²) in [6.45, 7) is 0.574. The van der Waals surface area contributed by atoms with Crippen LogP contribution < -0.4 is 5.32 Å². The molecule has 0 aliphatic carbocycles. The molecule has 0 atom stereocenters. The molecule has 0 radical (unpaired) electrons. The predicted molar refractivity (Wildman–Crippen MR) is 82.6 cm³/mol. The molecule has 0 aliphatic rings. The molecule has 0 heterocycles. The summed E-state index contributed by atoms with van der Waals surface area (Å²) in [4.78, 5) is 11.6. The van der Waals surface area contributed by atoms with E-state index < -0.39 is 6.09 Å². The van der Waals surface area contributed by atoms with Crippen LogP contribution in [0.4, 0.5) is 4.79 Å². The van der Waals surface area contributed by atoms with Crippen molar-refractivity contribution in [1.82, 2.24) is 5.32 Å². The van der Waals surface area contributed by atoms with Gasteiger partial charge in [-0.15, -0.1) is 0 Å². The van der Waals surface area contributed by atoms with Gasteiger partial charge in [-0.25, -0.2) is 4.79 Å². The van der Waals surface area contributed by atoms with Gasteiger partial charge in [0.25, 0.3) is 0 Å². The Labute approximate surface area is 131 Å². The normalized spacial score (nSPS) is 10.1. The minimum Gasteiger partial charge on any atom is -0.445 e. The zero-order chi connectivity index (χ0) is 14.4. The van der Waals surface area contributed by atoms with Crippen molar-refractivity contribution in [2.75, 3.05) is 0 Å². The van der Waals surface area contributed by atoms with Gasteiger partial charge in [0, 0.05) is 11.0 Å². The number of carbonyl (C=O) groups is 1. The van der Waals surface area contributed by atoms with Gasteiger partial charge >= 0.3 is 6.09 Å². The van der Waals surface area contributed by atoms with Crippen molar-refractivity contribution in [3.05, 3.63) is 69.2 Å². The third-order valence-electron chi connectivity index (χ3n) is 2.67. The summed E-state index contributed by atoms with van der Waals surface area (Å²) in [5, 5.41) is 3.26. The SMILES string of the molecule is O=C(NCc1cccc(Br)c1Cl)OCc1ccccc1. The number of hydrogen-bond donors (Lipinski definition) is 1. The van der Waals surface area contributed by atoms with Gasteiger partial charge in [-0.05, 0) is 33.1 Å². The topological polar surface area (TPSA) is 38.3 Å². The smallest absolute Gasteiger partial charge is 0.407 e. The Morgan fingerprint density at radius 3 is 2.65 bits per heavy atom. The molecule has 1 N–H and O–H groups in total. The fourth-order valence-electron chi connectivity index (χ4n) is 1.63. The molecular weight excluding hydrogens is 342 g/mol. The Hall–Kier alpha value is -1.52. The molecule has 0 bridgehead atoms. The first-order valence-electron chi connectivity index (χ1n) is 6.04. The average molecular weight is 355 g/mol. The summed E-state index contributed by atoms with van der Waals surface area (Å²) < 4.78 is 5.92. The molecule has 0 fully saturated rings. The van der Waals surface area contributed by atoms with Gasteiger partial charge in [0.2, 0.25) is 0 Å². The summed E-state index contributed by atoms with van der Waals surface area (Å²) in [5.74, 6) is 0. The van der Waals surface area contributed by atoms with Crippen LogP contribution in [0.5, 0.6) is 0 Å². The number of hydrogen-bond acceptors (Lipinski definition) is 2. The molecule has 3 nitrogen and oxygen atoms in total. The Morgan fingerprint density at radius 2 is 1.90 bits per heavy atom. The molecule has 0 unspecified atom stereocenters. The summed E-state index contributed by atoms with van der Waals surface area (Å²) in [5.41, 5.74) is 1.78. The zero-order valence-corrected chi connectivity index (χ0v) is 12.9. The van der Waals surface area contributed by atoms with Gasteiger partial charge in [-0.2, -0.15) is 0 Å². The number of rotatable bonds is 4. The second kappa shape index (κ2) is 7.31. The third kappa shape index (κ3) is 4.25. The maximum absolute atomic E-state index is 11.6. The Bertz CT molecular complexity index is 590. The van der Waals surface area contributed by atoms with Gasteiger partial charge in [0.15, 0.2) is 0 Å². The standard InChI is InChI=1S/C15H13BrClNO2/c16-13-8-4-7-12(14(13)17)9-18-15(19)20-10-11-5-2-1-3-6-11/h1-8H,9-10H2,(H,18,19). The van der Waals surface area contributed by atoms with Gasteiger partial charge < -0.3 is 10.1 Å². The van der Waals surface area contributed by atoms with E-state index in [1.165, 1.54) is 0 Å². The Morgan fingerprint density at radius 1 is 1.15 bits per heavy atom. The van der Waals surface area contributed by atoms with E-state index in [1.54, 1.807) is 0 Å². The summed E-state index contributed by atoms with van der Waals surface area (Å²) in [6, 6.07) is 15.1. The first kappa shape index (κ1) is 14.9. The Kier molecular flexibility index (Phi) is 5.44. The molecule has 0 aromatic heterocycles. The van der Waals surface area contributed by atoms with Crippen molar-refractivity contribution in [1.29, 1.82) is 0 Å². The van der Waals surface area contributed by atoms with Crippen molar-refractivity contribution in [3.63, 3.8) is 0 Å². The van der Waals surface area contributed by atoms with E-state index >= 15 is 0 Å². The first-order valence-corrected chi connectivity index (χ1v) is 7.21. The van der Waals surface area contributed by atoms with Crippen molar-refractivity contribution in [2.45, 2.75) is 13.2 Å². The number of alkyl carbamates (subject to hydrolysis) is 1. The molecule has 20 heavy (non-hydrogen) atoms. The molecule has 0 aliphatic heterocycles.